The highest BCUT2D eigenvalue weighted by Gasteiger charge is 2.20. The van der Waals surface area contributed by atoms with E-state index in [1.165, 1.54) is 12.1 Å². The molecule has 100 valence electrons. The van der Waals surface area contributed by atoms with E-state index in [4.69, 9.17) is 15.9 Å². The first kappa shape index (κ1) is 15.0. The number of nitrogens with two attached hydrogens (primary N) is 1. The molecule has 0 aliphatic rings. The standard InChI is InChI=1S/C13H18BrFN2O/c1-13(2,12(16)17)4-3-5-18-11-7-9(14)6-10(15)8-11/h6-8H,3-5H2,1-2H3,(H3,16,17). The Bertz CT molecular complexity index is 415. The minimum atomic E-state index is -0.330. The number of benzene rings is 1. The molecule has 0 amide bonds. The molecule has 5 heteroatoms. The van der Waals surface area contributed by atoms with Gasteiger partial charge in [-0.2, -0.15) is 0 Å². The van der Waals surface area contributed by atoms with Gasteiger partial charge in [0.15, 0.2) is 0 Å². The van der Waals surface area contributed by atoms with Crippen LogP contribution in [0.25, 0.3) is 0 Å². The second-order valence-corrected chi connectivity index (χ2v) is 5.77. The van der Waals surface area contributed by atoms with Crippen molar-refractivity contribution in [3.63, 3.8) is 0 Å². The Hall–Kier alpha value is -1.10. The first-order chi connectivity index (χ1) is 8.31. The molecule has 18 heavy (non-hydrogen) atoms. The lowest BCUT2D eigenvalue weighted by atomic mass is 9.87. The molecule has 1 aromatic rings. The Morgan fingerprint density at radius 3 is 2.67 bits per heavy atom. The maximum atomic E-state index is 13.1. The fraction of sp³-hybridized carbons (Fsp3) is 0.462. The van der Waals surface area contributed by atoms with E-state index in [1.807, 2.05) is 13.8 Å². The quantitative estimate of drug-likeness (QED) is 0.477. The fourth-order valence-electron chi connectivity index (χ4n) is 1.45. The summed E-state index contributed by atoms with van der Waals surface area (Å²) in [5.74, 6) is 0.349. The summed E-state index contributed by atoms with van der Waals surface area (Å²) >= 11 is 3.21. The van der Waals surface area contributed by atoms with Crippen molar-refractivity contribution in [3.05, 3.63) is 28.5 Å². The molecule has 0 fully saturated rings. The van der Waals surface area contributed by atoms with Gasteiger partial charge in [-0.15, -0.1) is 0 Å². The second kappa shape index (κ2) is 6.18. The monoisotopic (exact) mass is 316 g/mol. The summed E-state index contributed by atoms with van der Waals surface area (Å²) in [6, 6.07) is 4.45. The average molecular weight is 317 g/mol. The van der Waals surface area contributed by atoms with E-state index >= 15 is 0 Å². The van der Waals surface area contributed by atoms with Crippen LogP contribution in [-0.4, -0.2) is 12.4 Å². The van der Waals surface area contributed by atoms with Crippen molar-refractivity contribution in [1.82, 2.24) is 0 Å². The lowest BCUT2D eigenvalue weighted by Gasteiger charge is -2.22. The van der Waals surface area contributed by atoms with E-state index in [2.05, 4.69) is 15.9 Å². The summed E-state index contributed by atoms with van der Waals surface area (Å²) in [7, 11) is 0. The SMILES string of the molecule is CC(C)(CCCOc1cc(F)cc(Br)c1)C(=N)N. The lowest BCUT2D eigenvalue weighted by Crippen LogP contribution is -2.31. The molecule has 0 saturated heterocycles. The van der Waals surface area contributed by atoms with Gasteiger partial charge in [-0.1, -0.05) is 29.8 Å². The molecule has 3 nitrogen and oxygen atoms in total. The maximum Gasteiger partial charge on any atom is 0.128 e. The molecule has 0 aliphatic heterocycles. The molecule has 0 spiro atoms. The third-order valence-electron chi connectivity index (χ3n) is 2.78. The molecule has 1 aromatic carbocycles. The van der Waals surface area contributed by atoms with Crippen LogP contribution in [0.3, 0.4) is 0 Å². The lowest BCUT2D eigenvalue weighted by molar-refractivity contribution is 0.285. The van der Waals surface area contributed by atoms with Crippen molar-refractivity contribution in [1.29, 1.82) is 5.41 Å². The van der Waals surface area contributed by atoms with Crippen LogP contribution >= 0.6 is 15.9 Å². The van der Waals surface area contributed by atoms with E-state index in [0.29, 0.717) is 16.8 Å². The molecular formula is C13H18BrFN2O. The zero-order chi connectivity index (χ0) is 13.8. The molecule has 1 rings (SSSR count). The first-order valence-corrected chi connectivity index (χ1v) is 6.54. The molecule has 0 atom stereocenters. The summed E-state index contributed by atoms with van der Waals surface area (Å²) in [5.41, 5.74) is 5.18. The number of rotatable bonds is 6. The summed E-state index contributed by atoms with van der Waals surface area (Å²) in [5, 5.41) is 7.43. The molecule has 0 radical (unpaired) electrons. The van der Waals surface area contributed by atoms with Crippen LogP contribution in [-0.2, 0) is 0 Å². The maximum absolute atomic E-state index is 13.1. The Kier molecular flexibility index (Phi) is 5.14. The van der Waals surface area contributed by atoms with Gasteiger partial charge in [0.05, 0.1) is 12.4 Å². The van der Waals surface area contributed by atoms with Crippen molar-refractivity contribution < 1.29 is 9.13 Å². The van der Waals surface area contributed by atoms with Crippen LogP contribution in [0.1, 0.15) is 26.7 Å². The smallest absolute Gasteiger partial charge is 0.128 e. The van der Waals surface area contributed by atoms with Gasteiger partial charge in [-0.25, -0.2) is 4.39 Å². The molecular weight excluding hydrogens is 299 g/mol. The normalized spacial score (nSPS) is 11.3. The van der Waals surface area contributed by atoms with Gasteiger partial charge in [-0.05, 0) is 25.0 Å². The highest BCUT2D eigenvalue weighted by atomic mass is 79.9. The van der Waals surface area contributed by atoms with Gasteiger partial charge in [0, 0.05) is 16.0 Å². The summed E-state index contributed by atoms with van der Waals surface area (Å²) in [4.78, 5) is 0. The van der Waals surface area contributed by atoms with Crippen molar-refractivity contribution in [3.8, 4) is 5.75 Å². The zero-order valence-electron chi connectivity index (χ0n) is 10.6. The first-order valence-electron chi connectivity index (χ1n) is 5.75. The number of amidine groups is 1. The Morgan fingerprint density at radius 2 is 2.11 bits per heavy atom. The van der Waals surface area contributed by atoms with E-state index in [1.54, 1.807) is 6.07 Å². The van der Waals surface area contributed by atoms with E-state index in [9.17, 15) is 4.39 Å². The Labute approximate surface area is 115 Å². The molecule has 0 unspecified atom stereocenters. The zero-order valence-corrected chi connectivity index (χ0v) is 12.2. The predicted octanol–water partition coefficient (Wildman–Crippen LogP) is 3.71. The molecule has 0 aromatic heterocycles. The topological polar surface area (TPSA) is 59.1 Å². The number of halogens is 2. The average Bonchev–Trinajstić information content (AvgIpc) is 2.23. The molecule has 0 saturated carbocycles. The number of nitrogens with one attached hydrogen (secondary N) is 1. The third-order valence-corrected chi connectivity index (χ3v) is 3.24. The van der Waals surface area contributed by atoms with Crippen molar-refractivity contribution in [2.75, 3.05) is 6.61 Å². The number of ether oxygens (including phenoxy) is 1. The minimum Gasteiger partial charge on any atom is -0.493 e. The third kappa shape index (κ3) is 4.64. The second-order valence-electron chi connectivity index (χ2n) is 4.85. The summed E-state index contributed by atoms with van der Waals surface area (Å²) < 4.78 is 19.2. The Balaban J connectivity index is 2.40. The molecule has 0 aliphatic carbocycles. The number of hydrogen-bond donors (Lipinski definition) is 2. The minimum absolute atomic E-state index is 0.177. The Morgan fingerprint density at radius 1 is 1.44 bits per heavy atom. The van der Waals surface area contributed by atoms with Crippen LogP contribution in [0, 0.1) is 16.6 Å². The van der Waals surface area contributed by atoms with Gasteiger partial charge in [0.1, 0.15) is 11.6 Å². The summed E-state index contributed by atoms with van der Waals surface area (Å²) in [6.45, 7) is 4.33. The largest absolute Gasteiger partial charge is 0.493 e. The van der Waals surface area contributed by atoms with Crippen LogP contribution in [0.2, 0.25) is 0 Å². The van der Waals surface area contributed by atoms with Crippen molar-refractivity contribution in [2.24, 2.45) is 11.1 Å². The van der Waals surface area contributed by atoms with Gasteiger partial charge in [-0.3, -0.25) is 5.41 Å². The van der Waals surface area contributed by atoms with Gasteiger partial charge >= 0.3 is 0 Å². The van der Waals surface area contributed by atoms with Crippen molar-refractivity contribution >= 4 is 21.8 Å². The van der Waals surface area contributed by atoms with Crippen LogP contribution < -0.4 is 10.5 Å². The number of hydrogen-bond acceptors (Lipinski definition) is 2. The van der Waals surface area contributed by atoms with Crippen LogP contribution in [0.15, 0.2) is 22.7 Å². The summed E-state index contributed by atoms with van der Waals surface area (Å²) in [6.07, 6.45) is 1.53. The highest BCUT2D eigenvalue weighted by molar-refractivity contribution is 9.10. The van der Waals surface area contributed by atoms with E-state index in [0.717, 1.165) is 12.8 Å². The van der Waals surface area contributed by atoms with Crippen molar-refractivity contribution in [2.45, 2.75) is 26.7 Å². The highest BCUT2D eigenvalue weighted by Crippen LogP contribution is 2.23. The predicted molar refractivity (Wildman–Crippen MR) is 74.5 cm³/mol. The molecule has 0 heterocycles. The molecule has 0 bridgehead atoms. The van der Waals surface area contributed by atoms with Crippen LogP contribution in [0.5, 0.6) is 5.75 Å². The van der Waals surface area contributed by atoms with Crippen LogP contribution in [0.4, 0.5) is 4.39 Å². The van der Waals surface area contributed by atoms with Gasteiger partial charge in [0.2, 0.25) is 0 Å². The van der Waals surface area contributed by atoms with Gasteiger partial charge < -0.3 is 10.5 Å². The van der Waals surface area contributed by atoms with E-state index < -0.39 is 0 Å². The fourth-order valence-corrected chi connectivity index (χ4v) is 1.89. The molecule has 3 N–H and O–H groups in total. The van der Waals surface area contributed by atoms with Gasteiger partial charge in [0.25, 0.3) is 0 Å². The van der Waals surface area contributed by atoms with E-state index in [-0.39, 0.29) is 17.1 Å².